The Balaban J connectivity index is 2.36. The molecule has 1 unspecified atom stereocenters. The van der Waals surface area contributed by atoms with Crippen LogP contribution in [0.25, 0.3) is 16.9 Å². The van der Waals surface area contributed by atoms with Crippen molar-refractivity contribution in [1.29, 1.82) is 0 Å². The molecule has 0 aliphatic rings. The summed E-state index contributed by atoms with van der Waals surface area (Å²) in [4.78, 5) is 9.02. The smallest absolute Gasteiger partial charge is 0.164 e. The van der Waals surface area contributed by atoms with Crippen LogP contribution in [0.5, 0.6) is 0 Å². The number of halogens is 3. The topological polar surface area (TPSA) is 30.7 Å². The molecule has 3 rings (SSSR count). The maximum Gasteiger partial charge on any atom is 0.164 e. The van der Waals surface area contributed by atoms with Crippen molar-refractivity contribution >= 4 is 54.6 Å². The first-order valence-electron chi connectivity index (χ1n) is 6.01. The molecule has 0 spiro atoms. The second kappa shape index (κ2) is 5.47. The number of alkyl halides is 1. The standard InChI is InChI=1S/C14H10Br2ClN3/c1-8(17)13-19-11-3-2-6-18-14(11)20(13)12-5-4-9(15)7-10(12)16/h2-8H,1H3. The van der Waals surface area contributed by atoms with Crippen molar-refractivity contribution in [2.24, 2.45) is 0 Å². The fourth-order valence-electron chi connectivity index (χ4n) is 2.10. The van der Waals surface area contributed by atoms with Crippen LogP contribution in [0.4, 0.5) is 0 Å². The molecule has 2 aromatic heterocycles. The molecule has 0 amide bonds. The largest absolute Gasteiger partial charge is 0.278 e. The molecule has 3 nitrogen and oxygen atoms in total. The minimum absolute atomic E-state index is 0.209. The number of rotatable bonds is 2. The third kappa shape index (κ3) is 2.38. The molecular weight excluding hydrogens is 405 g/mol. The SMILES string of the molecule is CC(Cl)c1nc2cccnc2n1-c1ccc(Br)cc1Br. The number of imidazole rings is 1. The van der Waals surface area contributed by atoms with Gasteiger partial charge in [-0.25, -0.2) is 9.97 Å². The number of hydrogen-bond acceptors (Lipinski definition) is 2. The van der Waals surface area contributed by atoms with Crippen molar-refractivity contribution in [3.05, 3.63) is 51.3 Å². The van der Waals surface area contributed by atoms with Gasteiger partial charge in [0.1, 0.15) is 11.3 Å². The fraction of sp³-hybridized carbons (Fsp3) is 0.143. The molecule has 1 aromatic carbocycles. The highest BCUT2D eigenvalue weighted by atomic mass is 79.9. The van der Waals surface area contributed by atoms with Gasteiger partial charge in [0.05, 0.1) is 11.1 Å². The Labute approximate surface area is 138 Å². The lowest BCUT2D eigenvalue weighted by molar-refractivity contribution is 0.874. The Kier molecular flexibility index (Phi) is 3.84. The van der Waals surface area contributed by atoms with Crippen LogP contribution >= 0.6 is 43.5 Å². The Morgan fingerprint density at radius 2 is 2.05 bits per heavy atom. The third-order valence-corrected chi connectivity index (χ3v) is 4.27. The number of fused-ring (bicyclic) bond motifs is 1. The molecule has 2 heterocycles. The van der Waals surface area contributed by atoms with Crippen molar-refractivity contribution in [2.45, 2.75) is 12.3 Å². The molecule has 20 heavy (non-hydrogen) atoms. The monoisotopic (exact) mass is 413 g/mol. The number of aromatic nitrogens is 3. The molecule has 0 aliphatic carbocycles. The Morgan fingerprint density at radius 1 is 1.25 bits per heavy atom. The molecule has 1 atom stereocenters. The quantitative estimate of drug-likeness (QED) is 0.536. The maximum absolute atomic E-state index is 6.28. The number of benzene rings is 1. The summed E-state index contributed by atoms with van der Waals surface area (Å²) in [7, 11) is 0. The van der Waals surface area contributed by atoms with E-state index >= 15 is 0 Å². The van der Waals surface area contributed by atoms with Crippen LogP contribution < -0.4 is 0 Å². The predicted molar refractivity (Wildman–Crippen MR) is 88.5 cm³/mol. The fourth-order valence-corrected chi connectivity index (χ4v) is 3.47. The number of nitrogens with zero attached hydrogens (tertiary/aromatic N) is 3. The molecular formula is C14H10Br2ClN3. The summed E-state index contributed by atoms with van der Waals surface area (Å²) >= 11 is 13.3. The lowest BCUT2D eigenvalue weighted by Gasteiger charge is -2.12. The Morgan fingerprint density at radius 3 is 2.75 bits per heavy atom. The van der Waals surface area contributed by atoms with E-state index in [1.54, 1.807) is 6.20 Å². The predicted octanol–water partition coefficient (Wildman–Crippen LogP) is 5.25. The van der Waals surface area contributed by atoms with Crippen molar-refractivity contribution < 1.29 is 0 Å². The van der Waals surface area contributed by atoms with E-state index in [0.717, 1.165) is 31.6 Å². The third-order valence-electron chi connectivity index (χ3n) is 2.95. The van der Waals surface area contributed by atoms with Crippen LogP contribution in [0.2, 0.25) is 0 Å². The van der Waals surface area contributed by atoms with Gasteiger partial charge in [0.2, 0.25) is 0 Å². The minimum atomic E-state index is -0.209. The van der Waals surface area contributed by atoms with Crippen LogP contribution in [0.1, 0.15) is 18.1 Å². The van der Waals surface area contributed by atoms with Gasteiger partial charge in [0.25, 0.3) is 0 Å². The normalized spacial score (nSPS) is 12.8. The minimum Gasteiger partial charge on any atom is -0.278 e. The average Bonchev–Trinajstić information content (AvgIpc) is 2.78. The van der Waals surface area contributed by atoms with Crippen molar-refractivity contribution in [3.8, 4) is 5.69 Å². The van der Waals surface area contributed by atoms with E-state index in [1.807, 2.05) is 41.8 Å². The number of hydrogen-bond donors (Lipinski definition) is 0. The van der Waals surface area contributed by atoms with Gasteiger partial charge >= 0.3 is 0 Å². The highest BCUT2D eigenvalue weighted by molar-refractivity contribution is 9.11. The summed E-state index contributed by atoms with van der Waals surface area (Å²) in [6.45, 7) is 1.91. The van der Waals surface area contributed by atoms with E-state index in [0.29, 0.717) is 0 Å². The second-order valence-corrected chi connectivity index (χ2v) is 6.79. The summed E-state index contributed by atoms with van der Waals surface area (Å²) in [5.74, 6) is 0.781. The van der Waals surface area contributed by atoms with Gasteiger partial charge in [-0.05, 0) is 53.2 Å². The number of pyridine rings is 1. The van der Waals surface area contributed by atoms with Crippen LogP contribution in [-0.2, 0) is 0 Å². The van der Waals surface area contributed by atoms with E-state index in [1.165, 1.54) is 0 Å². The van der Waals surface area contributed by atoms with Crippen molar-refractivity contribution in [3.63, 3.8) is 0 Å². The highest BCUT2D eigenvalue weighted by Crippen LogP contribution is 2.32. The first kappa shape index (κ1) is 14.0. The zero-order valence-electron chi connectivity index (χ0n) is 10.5. The van der Waals surface area contributed by atoms with E-state index in [9.17, 15) is 0 Å². The Bertz CT molecular complexity index is 783. The molecule has 0 aliphatic heterocycles. The summed E-state index contributed by atoms with van der Waals surface area (Å²) in [5, 5.41) is -0.209. The van der Waals surface area contributed by atoms with E-state index in [-0.39, 0.29) is 5.38 Å². The van der Waals surface area contributed by atoms with E-state index in [4.69, 9.17) is 11.6 Å². The maximum atomic E-state index is 6.28. The molecule has 3 aromatic rings. The van der Waals surface area contributed by atoms with Gasteiger partial charge in [0.15, 0.2) is 5.65 Å². The molecule has 102 valence electrons. The second-order valence-electron chi connectivity index (χ2n) is 4.36. The summed E-state index contributed by atoms with van der Waals surface area (Å²) < 4.78 is 3.95. The summed E-state index contributed by atoms with van der Waals surface area (Å²) in [5.41, 5.74) is 2.61. The average molecular weight is 416 g/mol. The van der Waals surface area contributed by atoms with Gasteiger partial charge in [-0.15, -0.1) is 11.6 Å². The van der Waals surface area contributed by atoms with Gasteiger partial charge in [-0.2, -0.15) is 0 Å². The molecule has 0 radical (unpaired) electrons. The van der Waals surface area contributed by atoms with Crippen LogP contribution in [-0.4, -0.2) is 14.5 Å². The first-order chi connectivity index (χ1) is 9.58. The molecule has 0 bridgehead atoms. The van der Waals surface area contributed by atoms with E-state index < -0.39 is 0 Å². The van der Waals surface area contributed by atoms with Crippen LogP contribution in [0.3, 0.4) is 0 Å². The molecule has 0 N–H and O–H groups in total. The van der Waals surface area contributed by atoms with Gasteiger partial charge < -0.3 is 0 Å². The van der Waals surface area contributed by atoms with Crippen LogP contribution in [0.15, 0.2) is 45.5 Å². The molecule has 6 heteroatoms. The summed E-state index contributed by atoms with van der Waals surface area (Å²) in [6.07, 6.45) is 1.76. The molecule has 0 saturated heterocycles. The van der Waals surface area contributed by atoms with Gasteiger partial charge in [0, 0.05) is 15.1 Å². The summed E-state index contributed by atoms with van der Waals surface area (Å²) in [6, 6.07) is 9.80. The van der Waals surface area contributed by atoms with Crippen molar-refractivity contribution in [1.82, 2.24) is 14.5 Å². The molecule has 0 saturated carbocycles. The first-order valence-corrected chi connectivity index (χ1v) is 8.03. The van der Waals surface area contributed by atoms with E-state index in [2.05, 4.69) is 41.8 Å². The lowest BCUT2D eigenvalue weighted by atomic mass is 10.3. The Hall–Kier alpha value is -0.910. The highest BCUT2D eigenvalue weighted by Gasteiger charge is 2.18. The van der Waals surface area contributed by atoms with Crippen molar-refractivity contribution in [2.75, 3.05) is 0 Å². The van der Waals surface area contributed by atoms with Gasteiger partial charge in [-0.1, -0.05) is 15.9 Å². The zero-order chi connectivity index (χ0) is 14.3. The molecule has 0 fully saturated rings. The zero-order valence-corrected chi connectivity index (χ0v) is 14.4. The van der Waals surface area contributed by atoms with Gasteiger partial charge in [-0.3, -0.25) is 4.57 Å². The lowest BCUT2D eigenvalue weighted by Crippen LogP contribution is -2.03. The van der Waals surface area contributed by atoms with Crippen LogP contribution in [0, 0.1) is 0 Å².